The third-order valence-electron chi connectivity index (χ3n) is 2.35. The molecule has 0 N–H and O–H groups in total. The zero-order chi connectivity index (χ0) is 10.9. The number of carbonyl (C=O) groups is 1. The van der Waals surface area contributed by atoms with Gasteiger partial charge in [0.1, 0.15) is 0 Å². The molecule has 0 aromatic rings. The summed E-state index contributed by atoms with van der Waals surface area (Å²) in [6.07, 6.45) is 6.28. The molecule has 0 spiro atoms. The SMILES string of the molecule is CCCOC(=O)CCCC[C@H]1CCSS1. The Hall–Kier alpha value is 0.170. The van der Waals surface area contributed by atoms with Crippen molar-refractivity contribution in [3.05, 3.63) is 0 Å². The summed E-state index contributed by atoms with van der Waals surface area (Å²) in [4.78, 5) is 11.2. The second-order valence-electron chi connectivity index (χ2n) is 3.80. The van der Waals surface area contributed by atoms with Crippen LogP contribution in [0.1, 0.15) is 45.4 Å². The summed E-state index contributed by atoms with van der Waals surface area (Å²) in [5.41, 5.74) is 0. The number of carbonyl (C=O) groups excluding carboxylic acids is 1. The van der Waals surface area contributed by atoms with E-state index in [1.165, 1.54) is 25.0 Å². The van der Waals surface area contributed by atoms with Crippen LogP contribution in [0, 0.1) is 0 Å². The van der Waals surface area contributed by atoms with Crippen molar-refractivity contribution in [1.82, 2.24) is 0 Å². The molecule has 0 amide bonds. The molecule has 1 atom stereocenters. The molecule has 1 aliphatic rings. The molecule has 88 valence electrons. The molecule has 1 rings (SSSR count). The number of unbranched alkanes of at least 4 members (excludes halogenated alkanes) is 1. The maximum atomic E-state index is 11.2. The summed E-state index contributed by atoms with van der Waals surface area (Å²) in [7, 11) is 4.00. The molecule has 0 bridgehead atoms. The normalized spacial score (nSPS) is 20.5. The number of esters is 1. The monoisotopic (exact) mass is 248 g/mol. The molecule has 4 heteroatoms. The van der Waals surface area contributed by atoms with Crippen molar-refractivity contribution < 1.29 is 9.53 Å². The lowest BCUT2D eigenvalue weighted by molar-refractivity contribution is -0.143. The summed E-state index contributed by atoms with van der Waals surface area (Å²) in [6, 6.07) is 0. The highest BCUT2D eigenvalue weighted by Crippen LogP contribution is 2.39. The fraction of sp³-hybridized carbons (Fsp3) is 0.909. The van der Waals surface area contributed by atoms with Crippen molar-refractivity contribution >= 4 is 27.6 Å². The molecule has 2 nitrogen and oxygen atoms in total. The Balaban J connectivity index is 1.89. The summed E-state index contributed by atoms with van der Waals surface area (Å²) in [6.45, 7) is 2.59. The molecule has 15 heavy (non-hydrogen) atoms. The van der Waals surface area contributed by atoms with Crippen LogP contribution in [0.3, 0.4) is 0 Å². The van der Waals surface area contributed by atoms with Crippen molar-refractivity contribution in [2.75, 3.05) is 12.4 Å². The van der Waals surface area contributed by atoms with E-state index in [0.717, 1.165) is 18.1 Å². The van der Waals surface area contributed by atoms with Gasteiger partial charge in [-0.2, -0.15) is 0 Å². The molecule has 0 unspecified atom stereocenters. The van der Waals surface area contributed by atoms with Gasteiger partial charge in [-0.05, 0) is 25.7 Å². The van der Waals surface area contributed by atoms with Gasteiger partial charge in [-0.1, -0.05) is 34.9 Å². The highest BCUT2D eigenvalue weighted by Gasteiger charge is 2.15. The minimum absolute atomic E-state index is 0.0229. The van der Waals surface area contributed by atoms with E-state index < -0.39 is 0 Å². The minimum Gasteiger partial charge on any atom is -0.466 e. The average Bonchev–Trinajstić information content (AvgIpc) is 2.74. The first kappa shape index (κ1) is 13.2. The van der Waals surface area contributed by atoms with Crippen molar-refractivity contribution in [2.24, 2.45) is 0 Å². The van der Waals surface area contributed by atoms with Crippen molar-refractivity contribution in [3.63, 3.8) is 0 Å². The molecular formula is C11H20O2S2. The van der Waals surface area contributed by atoms with Crippen molar-refractivity contribution in [1.29, 1.82) is 0 Å². The highest BCUT2D eigenvalue weighted by atomic mass is 33.1. The lowest BCUT2D eigenvalue weighted by atomic mass is 10.1. The number of hydrogen-bond acceptors (Lipinski definition) is 4. The van der Waals surface area contributed by atoms with E-state index in [9.17, 15) is 4.79 Å². The van der Waals surface area contributed by atoms with E-state index in [1.807, 2.05) is 28.5 Å². The smallest absolute Gasteiger partial charge is 0.305 e. The van der Waals surface area contributed by atoms with Gasteiger partial charge in [-0.25, -0.2) is 0 Å². The van der Waals surface area contributed by atoms with E-state index >= 15 is 0 Å². The van der Waals surface area contributed by atoms with E-state index in [1.54, 1.807) is 0 Å². The molecular weight excluding hydrogens is 228 g/mol. The standard InChI is InChI=1S/C11H20O2S2/c1-2-8-13-11(12)6-4-3-5-10-7-9-14-15-10/h10H,2-9H2,1H3/t10-/m0/s1. The Morgan fingerprint density at radius 3 is 3.00 bits per heavy atom. The summed E-state index contributed by atoms with van der Waals surface area (Å²) in [5, 5.41) is 0.835. The predicted octanol–water partition coefficient (Wildman–Crippen LogP) is 3.65. The van der Waals surface area contributed by atoms with Gasteiger partial charge in [0.05, 0.1) is 6.61 Å². The number of ether oxygens (including phenoxy) is 1. The van der Waals surface area contributed by atoms with Crippen LogP contribution in [0.4, 0.5) is 0 Å². The zero-order valence-corrected chi connectivity index (χ0v) is 11.0. The first-order chi connectivity index (χ1) is 7.33. The summed E-state index contributed by atoms with van der Waals surface area (Å²) >= 11 is 0. The van der Waals surface area contributed by atoms with Crippen LogP contribution in [-0.2, 0) is 9.53 Å². The molecule has 1 heterocycles. The van der Waals surface area contributed by atoms with E-state index in [0.29, 0.717) is 13.0 Å². The molecule has 0 aromatic heterocycles. The van der Waals surface area contributed by atoms with Crippen LogP contribution in [-0.4, -0.2) is 23.6 Å². The highest BCUT2D eigenvalue weighted by molar-refractivity contribution is 8.77. The first-order valence-electron chi connectivity index (χ1n) is 5.77. The zero-order valence-electron chi connectivity index (χ0n) is 9.37. The van der Waals surface area contributed by atoms with Gasteiger partial charge in [-0.15, -0.1) is 0 Å². The van der Waals surface area contributed by atoms with Gasteiger partial charge >= 0.3 is 5.97 Å². The fourth-order valence-electron chi connectivity index (χ4n) is 1.49. The molecule has 1 aliphatic heterocycles. The largest absolute Gasteiger partial charge is 0.466 e. The Morgan fingerprint density at radius 2 is 2.33 bits per heavy atom. The molecule has 1 saturated heterocycles. The van der Waals surface area contributed by atoms with Crippen LogP contribution in [0.5, 0.6) is 0 Å². The van der Waals surface area contributed by atoms with Crippen molar-refractivity contribution in [3.8, 4) is 0 Å². The Morgan fingerprint density at radius 1 is 1.47 bits per heavy atom. The van der Waals surface area contributed by atoms with Gasteiger partial charge in [0.25, 0.3) is 0 Å². The van der Waals surface area contributed by atoms with Crippen LogP contribution in [0.2, 0.25) is 0 Å². The predicted molar refractivity (Wildman–Crippen MR) is 68.2 cm³/mol. The Kier molecular flexibility index (Phi) is 7.36. The topological polar surface area (TPSA) is 26.3 Å². The van der Waals surface area contributed by atoms with E-state index in [2.05, 4.69) is 0 Å². The summed E-state index contributed by atoms with van der Waals surface area (Å²) in [5.74, 6) is 1.28. The van der Waals surface area contributed by atoms with Gasteiger partial charge in [0.2, 0.25) is 0 Å². The van der Waals surface area contributed by atoms with Crippen LogP contribution < -0.4 is 0 Å². The van der Waals surface area contributed by atoms with Crippen molar-refractivity contribution in [2.45, 2.75) is 50.7 Å². The maximum absolute atomic E-state index is 11.2. The summed E-state index contributed by atoms with van der Waals surface area (Å²) < 4.78 is 5.01. The van der Waals surface area contributed by atoms with Gasteiger partial charge in [0, 0.05) is 17.4 Å². The van der Waals surface area contributed by atoms with E-state index in [4.69, 9.17) is 4.74 Å². The second-order valence-corrected chi connectivity index (χ2v) is 6.58. The van der Waals surface area contributed by atoms with Crippen LogP contribution in [0.15, 0.2) is 0 Å². The van der Waals surface area contributed by atoms with Crippen LogP contribution >= 0.6 is 21.6 Å². The lowest BCUT2D eigenvalue weighted by Crippen LogP contribution is -2.05. The molecule has 1 fully saturated rings. The molecule has 0 aliphatic carbocycles. The fourth-order valence-corrected chi connectivity index (χ4v) is 4.52. The number of hydrogen-bond donors (Lipinski definition) is 0. The Bertz CT molecular complexity index is 179. The van der Waals surface area contributed by atoms with Crippen LogP contribution in [0.25, 0.3) is 0 Å². The van der Waals surface area contributed by atoms with Gasteiger partial charge in [-0.3, -0.25) is 4.79 Å². The quantitative estimate of drug-likeness (QED) is 0.390. The Labute approximate surface area is 100 Å². The minimum atomic E-state index is -0.0229. The average molecular weight is 248 g/mol. The van der Waals surface area contributed by atoms with Gasteiger partial charge in [0.15, 0.2) is 0 Å². The molecule has 0 saturated carbocycles. The molecule has 0 aromatic carbocycles. The molecule has 0 radical (unpaired) electrons. The van der Waals surface area contributed by atoms with E-state index in [-0.39, 0.29) is 5.97 Å². The number of rotatable bonds is 7. The second kappa shape index (κ2) is 8.34. The lowest BCUT2D eigenvalue weighted by Gasteiger charge is -2.06. The first-order valence-corrected chi connectivity index (χ1v) is 8.15. The van der Waals surface area contributed by atoms with Gasteiger partial charge < -0.3 is 4.74 Å². The third kappa shape index (κ3) is 6.36. The third-order valence-corrected chi connectivity index (χ3v) is 5.36. The maximum Gasteiger partial charge on any atom is 0.305 e.